The van der Waals surface area contributed by atoms with Crippen molar-refractivity contribution in [1.29, 1.82) is 0 Å². The minimum absolute atomic E-state index is 0.0352. The van der Waals surface area contributed by atoms with Crippen LogP contribution in [0.3, 0.4) is 0 Å². The van der Waals surface area contributed by atoms with Crippen molar-refractivity contribution in [2.75, 3.05) is 4.72 Å². The van der Waals surface area contributed by atoms with Gasteiger partial charge in [-0.15, -0.1) is 0 Å². The molecule has 1 aromatic carbocycles. The van der Waals surface area contributed by atoms with E-state index in [2.05, 4.69) is 14.7 Å². The van der Waals surface area contributed by atoms with Crippen molar-refractivity contribution >= 4 is 45.0 Å². The fraction of sp³-hybridized carbons (Fsp3) is 0. The summed E-state index contributed by atoms with van der Waals surface area (Å²) >= 11 is 11.2. The van der Waals surface area contributed by atoms with Crippen LogP contribution in [0.5, 0.6) is 0 Å². The van der Waals surface area contributed by atoms with Gasteiger partial charge in [0, 0.05) is 6.07 Å². The molecule has 21 heavy (non-hydrogen) atoms. The number of benzene rings is 1. The van der Waals surface area contributed by atoms with Crippen molar-refractivity contribution < 1.29 is 18.3 Å². The summed E-state index contributed by atoms with van der Waals surface area (Å²) in [7, 11) is -4.02. The zero-order valence-electron chi connectivity index (χ0n) is 10.1. The highest BCUT2D eigenvalue weighted by atomic mass is 35.5. The first kappa shape index (κ1) is 15.5. The zero-order valence-corrected chi connectivity index (χ0v) is 12.4. The number of aromatic carboxylic acids is 1. The molecule has 0 bridgehead atoms. The molecule has 0 aliphatic heterocycles. The van der Waals surface area contributed by atoms with E-state index in [1.54, 1.807) is 0 Å². The number of carbonyl (C=O) groups is 1. The lowest BCUT2D eigenvalue weighted by Crippen LogP contribution is -2.15. The number of halogens is 2. The van der Waals surface area contributed by atoms with Crippen LogP contribution in [0.2, 0.25) is 10.4 Å². The van der Waals surface area contributed by atoms with E-state index in [1.807, 2.05) is 0 Å². The number of sulfonamides is 1. The molecular weight excluding hydrogens is 341 g/mol. The molecule has 0 radical (unpaired) electrons. The topological polar surface area (TPSA) is 109 Å². The average Bonchev–Trinajstić information content (AvgIpc) is 2.37. The molecule has 0 spiro atoms. The smallest absolute Gasteiger partial charge is 0.335 e. The van der Waals surface area contributed by atoms with Gasteiger partial charge in [-0.05, 0) is 29.8 Å². The predicted octanol–water partition coefficient (Wildman–Crippen LogP) is 2.28. The monoisotopic (exact) mass is 347 g/mol. The normalized spacial score (nSPS) is 11.1. The Kier molecular flexibility index (Phi) is 4.31. The van der Waals surface area contributed by atoms with Crippen LogP contribution in [0.1, 0.15) is 10.4 Å². The van der Waals surface area contributed by atoms with Gasteiger partial charge in [-0.2, -0.15) is 4.98 Å². The first-order valence-corrected chi connectivity index (χ1v) is 7.58. The summed E-state index contributed by atoms with van der Waals surface area (Å²) in [5.41, 5.74) is -0.156. The van der Waals surface area contributed by atoms with E-state index in [4.69, 9.17) is 28.3 Å². The van der Waals surface area contributed by atoms with Gasteiger partial charge in [0.1, 0.15) is 11.0 Å². The second-order valence-corrected chi connectivity index (χ2v) is 6.19. The molecule has 7 nitrogen and oxygen atoms in total. The quantitative estimate of drug-likeness (QED) is 0.648. The highest BCUT2D eigenvalue weighted by Crippen LogP contribution is 2.19. The molecule has 0 aliphatic rings. The molecule has 10 heteroatoms. The second kappa shape index (κ2) is 5.84. The molecule has 110 valence electrons. The molecular formula is C11H7Cl2N3O4S. The summed E-state index contributed by atoms with van der Waals surface area (Å²) in [6.07, 6.45) is 0. The minimum atomic E-state index is -4.02. The van der Waals surface area contributed by atoms with E-state index in [0.29, 0.717) is 0 Å². The molecule has 0 saturated carbocycles. The molecule has 0 aliphatic carbocycles. The number of hydrogen-bond donors (Lipinski definition) is 2. The number of carboxylic acids is 1. The summed E-state index contributed by atoms with van der Waals surface area (Å²) in [4.78, 5) is 17.9. The Morgan fingerprint density at radius 1 is 1.19 bits per heavy atom. The molecule has 2 N–H and O–H groups in total. The Bertz CT molecular complexity index is 791. The number of nitrogens with zero attached hydrogens (tertiary/aromatic N) is 2. The van der Waals surface area contributed by atoms with Crippen molar-refractivity contribution in [1.82, 2.24) is 9.97 Å². The number of anilines is 1. The Morgan fingerprint density at radius 2 is 1.90 bits per heavy atom. The Labute approximate surface area is 129 Å². The van der Waals surface area contributed by atoms with Gasteiger partial charge in [0.05, 0.1) is 10.5 Å². The lowest BCUT2D eigenvalue weighted by atomic mass is 10.2. The maximum absolute atomic E-state index is 12.1. The summed E-state index contributed by atoms with van der Waals surface area (Å²) in [5, 5.41) is 8.61. The van der Waals surface area contributed by atoms with Crippen LogP contribution in [-0.4, -0.2) is 29.5 Å². The third kappa shape index (κ3) is 3.81. The molecule has 2 aromatic rings. The average molecular weight is 348 g/mol. The fourth-order valence-corrected chi connectivity index (χ4v) is 2.88. The summed E-state index contributed by atoms with van der Waals surface area (Å²) in [6.45, 7) is 0. The highest BCUT2D eigenvalue weighted by Gasteiger charge is 2.17. The summed E-state index contributed by atoms with van der Waals surface area (Å²) in [6, 6.07) is 6.04. The number of nitrogens with one attached hydrogen (secondary N) is 1. The van der Waals surface area contributed by atoms with Crippen LogP contribution in [0.25, 0.3) is 0 Å². The van der Waals surface area contributed by atoms with Gasteiger partial charge in [-0.1, -0.05) is 17.7 Å². The van der Waals surface area contributed by atoms with Gasteiger partial charge in [0.25, 0.3) is 10.0 Å². The third-order valence-electron chi connectivity index (χ3n) is 2.30. The number of carboxylic acid groups (broad SMARTS) is 1. The Hall–Kier alpha value is -1.90. The van der Waals surface area contributed by atoms with E-state index < -0.39 is 16.0 Å². The zero-order chi connectivity index (χ0) is 15.6. The van der Waals surface area contributed by atoms with E-state index in [9.17, 15) is 13.2 Å². The maximum Gasteiger partial charge on any atom is 0.335 e. The first-order chi connectivity index (χ1) is 9.78. The van der Waals surface area contributed by atoms with Crippen molar-refractivity contribution in [2.24, 2.45) is 0 Å². The lowest BCUT2D eigenvalue weighted by Gasteiger charge is -2.08. The SMILES string of the molecule is O=C(O)c1cccc(S(=O)(=O)Nc2cc(Cl)nc(Cl)n2)c1. The van der Waals surface area contributed by atoms with Crippen LogP contribution in [0, 0.1) is 0 Å². The van der Waals surface area contributed by atoms with Crippen molar-refractivity contribution in [3.05, 3.63) is 46.3 Å². The Morgan fingerprint density at radius 3 is 2.52 bits per heavy atom. The van der Waals surface area contributed by atoms with E-state index in [-0.39, 0.29) is 26.7 Å². The molecule has 0 unspecified atom stereocenters. The van der Waals surface area contributed by atoms with E-state index in [0.717, 1.165) is 6.07 Å². The minimum Gasteiger partial charge on any atom is -0.478 e. The first-order valence-electron chi connectivity index (χ1n) is 5.34. The highest BCUT2D eigenvalue weighted by molar-refractivity contribution is 7.92. The van der Waals surface area contributed by atoms with E-state index >= 15 is 0 Å². The number of rotatable bonds is 4. The van der Waals surface area contributed by atoms with Gasteiger partial charge in [-0.25, -0.2) is 18.2 Å². The standard InChI is InChI=1S/C11H7Cl2N3O4S/c12-8-5-9(15-11(13)14-8)16-21(19,20)7-3-1-2-6(4-7)10(17)18/h1-5H,(H,17,18)(H,14,15,16). The molecule has 0 saturated heterocycles. The maximum atomic E-state index is 12.1. The Balaban J connectivity index is 2.38. The lowest BCUT2D eigenvalue weighted by molar-refractivity contribution is 0.0696. The van der Waals surface area contributed by atoms with Gasteiger partial charge in [0.15, 0.2) is 0 Å². The molecule has 2 rings (SSSR count). The molecule has 1 aromatic heterocycles. The van der Waals surface area contributed by atoms with Crippen LogP contribution in [0.4, 0.5) is 5.82 Å². The molecule has 0 atom stereocenters. The largest absolute Gasteiger partial charge is 0.478 e. The fourth-order valence-electron chi connectivity index (χ4n) is 1.44. The molecule has 0 fully saturated rings. The summed E-state index contributed by atoms with van der Waals surface area (Å²) in [5.74, 6) is -1.36. The van der Waals surface area contributed by atoms with Crippen molar-refractivity contribution in [3.8, 4) is 0 Å². The van der Waals surface area contributed by atoms with Crippen LogP contribution >= 0.6 is 23.2 Å². The van der Waals surface area contributed by atoms with Crippen LogP contribution < -0.4 is 4.72 Å². The molecule has 0 amide bonds. The van der Waals surface area contributed by atoms with Crippen LogP contribution in [0.15, 0.2) is 35.2 Å². The van der Waals surface area contributed by atoms with Crippen LogP contribution in [-0.2, 0) is 10.0 Å². The molecule has 1 heterocycles. The predicted molar refractivity (Wildman–Crippen MR) is 76.3 cm³/mol. The second-order valence-electron chi connectivity index (χ2n) is 3.78. The third-order valence-corrected chi connectivity index (χ3v) is 4.01. The van der Waals surface area contributed by atoms with Crippen molar-refractivity contribution in [2.45, 2.75) is 4.90 Å². The summed E-state index contributed by atoms with van der Waals surface area (Å²) < 4.78 is 26.4. The number of aromatic nitrogens is 2. The number of hydrogen-bond acceptors (Lipinski definition) is 5. The van der Waals surface area contributed by atoms with Gasteiger partial charge < -0.3 is 5.11 Å². The van der Waals surface area contributed by atoms with Crippen molar-refractivity contribution in [3.63, 3.8) is 0 Å². The van der Waals surface area contributed by atoms with E-state index in [1.165, 1.54) is 24.3 Å². The van der Waals surface area contributed by atoms with Gasteiger partial charge in [-0.3, -0.25) is 4.72 Å². The van der Waals surface area contributed by atoms with Gasteiger partial charge >= 0.3 is 5.97 Å². The van der Waals surface area contributed by atoms with Gasteiger partial charge in [0.2, 0.25) is 5.28 Å².